The Labute approximate surface area is 163 Å². The molecule has 0 spiro atoms. The first-order valence-electron chi connectivity index (χ1n) is 6.92. The predicted molar refractivity (Wildman–Crippen MR) is 94.7 cm³/mol. The van der Waals surface area contributed by atoms with Crippen molar-refractivity contribution in [3.8, 4) is 11.5 Å². The number of alkyl halides is 4. The minimum Gasteiger partial charge on any atom is -0.454 e. The largest absolute Gasteiger partial charge is 0.454 e. The standard InChI is InChI=1S/C15H10Cl6O2/c16-11-12(17)14(19)8(5-13(11,18)15(14,20)21)3-7-1-2-9-10(4-7)23-6-22-9/h1-2,4,8H,3,5-6H2. The molecular weight excluding hydrogens is 425 g/mol. The molecule has 2 bridgehead atoms. The lowest BCUT2D eigenvalue weighted by Crippen LogP contribution is -2.44. The van der Waals surface area contributed by atoms with Crippen molar-refractivity contribution < 1.29 is 9.47 Å². The molecule has 3 aliphatic rings. The monoisotopic (exact) mass is 432 g/mol. The van der Waals surface area contributed by atoms with E-state index in [0.29, 0.717) is 18.6 Å². The fourth-order valence-corrected chi connectivity index (χ4v) is 6.44. The van der Waals surface area contributed by atoms with E-state index in [1.807, 2.05) is 18.2 Å². The van der Waals surface area contributed by atoms with Gasteiger partial charge in [0.15, 0.2) is 15.8 Å². The zero-order valence-corrected chi connectivity index (χ0v) is 16.1. The van der Waals surface area contributed by atoms with Crippen LogP contribution in [0.15, 0.2) is 28.3 Å². The molecule has 0 aromatic heterocycles. The molecule has 1 saturated carbocycles. The molecule has 3 unspecified atom stereocenters. The van der Waals surface area contributed by atoms with Gasteiger partial charge in [-0.3, -0.25) is 0 Å². The maximum Gasteiger partial charge on any atom is 0.231 e. The summed E-state index contributed by atoms with van der Waals surface area (Å²) >= 11 is 39.0. The molecule has 1 fully saturated rings. The van der Waals surface area contributed by atoms with Crippen molar-refractivity contribution >= 4 is 69.6 Å². The lowest BCUT2D eigenvalue weighted by Gasteiger charge is -2.33. The summed E-state index contributed by atoms with van der Waals surface area (Å²) in [6.07, 6.45) is 1.03. The van der Waals surface area contributed by atoms with Gasteiger partial charge in [0.2, 0.25) is 6.79 Å². The van der Waals surface area contributed by atoms with Crippen LogP contribution in [-0.2, 0) is 6.42 Å². The van der Waals surface area contributed by atoms with Crippen molar-refractivity contribution in [3.05, 3.63) is 33.8 Å². The molecule has 0 radical (unpaired) electrons. The van der Waals surface area contributed by atoms with E-state index in [9.17, 15) is 0 Å². The quantitative estimate of drug-likeness (QED) is 0.547. The van der Waals surface area contributed by atoms with Crippen LogP contribution in [0.4, 0.5) is 0 Å². The van der Waals surface area contributed by atoms with Crippen LogP contribution in [0, 0.1) is 5.92 Å². The lowest BCUT2D eigenvalue weighted by molar-refractivity contribution is 0.174. The van der Waals surface area contributed by atoms with Gasteiger partial charge >= 0.3 is 0 Å². The highest BCUT2D eigenvalue weighted by Gasteiger charge is 2.78. The minimum atomic E-state index is -1.47. The summed E-state index contributed by atoms with van der Waals surface area (Å²) in [5, 5.41) is 0.473. The second-order valence-electron chi connectivity index (χ2n) is 6.01. The minimum absolute atomic E-state index is 0.160. The molecule has 0 amide bonds. The van der Waals surface area contributed by atoms with Crippen LogP contribution in [0.3, 0.4) is 0 Å². The summed E-state index contributed by atoms with van der Waals surface area (Å²) in [5.41, 5.74) is 1.01. The van der Waals surface area contributed by atoms with Gasteiger partial charge in [-0.15, -0.1) is 23.2 Å². The van der Waals surface area contributed by atoms with Gasteiger partial charge in [-0.2, -0.15) is 0 Å². The second-order valence-corrected chi connectivity index (χ2v) is 9.33. The van der Waals surface area contributed by atoms with Crippen LogP contribution in [0.1, 0.15) is 12.0 Å². The molecule has 0 saturated heterocycles. The average molecular weight is 435 g/mol. The smallest absolute Gasteiger partial charge is 0.231 e. The van der Waals surface area contributed by atoms with Crippen LogP contribution >= 0.6 is 69.6 Å². The topological polar surface area (TPSA) is 18.5 Å². The Hall–Kier alpha value is 0.300. The molecule has 124 valence electrons. The fourth-order valence-electron chi connectivity index (χ4n) is 3.60. The van der Waals surface area contributed by atoms with Gasteiger partial charge in [0.1, 0.15) is 9.75 Å². The van der Waals surface area contributed by atoms with Crippen molar-refractivity contribution in [1.82, 2.24) is 0 Å². The van der Waals surface area contributed by atoms with Gasteiger partial charge in [-0.1, -0.05) is 52.5 Å². The Bertz CT molecular complexity index is 733. The summed E-state index contributed by atoms with van der Waals surface area (Å²) in [6, 6.07) is 5.73. The molecule has 8 heteroatoms. The highest BCUT2D eigenvalue weighted by atomic mass is 35.5. The molecule has 1 aliphatic heterocycles. The van der Waals surface area contributed by atoms with Crippen molar-refractivity contribution in [2.45, 2.75) is 26.9 Å². The Kier molecular flexibility index (Phi) is 3.75. The molecule has 2 nitrogen and oxygen atoms in total. The van der Waals surface area contributed by atoms with Gasteiger partial charge in [-0.05, 0) is 36.5 Å². The first-order chi connectivity index (χ1) is 10.7. The first-order valence-corrected chi connectivity index (χ1v) is 9.19. The van der Waals surface area contributed by atoms with Crippen molar-refractivity contribution in [1.29, 1.82) is 0 Å². The number of hydrogen-bond donors (Lipinski definition) is 0. The third kappa shape index (κ3) is 1.97. The zero-order chi connectivity index (χ0) is 16.6. The number of ether oxygens (including phenoxy) is 2. The van der Waals surface area contributed by atoms with Gasteiger partial charge in [0.05, 0.1) is 10.1 Å². The molecule has 1 aromatic carbocycles. The molecule has 23 heavy (non-hydrogen) atoms. The SMILES string of the molecule is ClC1=C(Cl)C2(Cl)C(Cc3ccc4c(c3)OCO4)CC1(Cl)C2(Cl)Cl. The third-order valence-corrected chi connectivity index (χ3v) is 9.15. The number of fused-ring (bicyclic) bond motifs is 3. The number of hydrogen-bond acceptors (Lipinski definition) is 2. The average Bonchev–Trinajstić information content (AvgIpc) is 3.05. The van der Waals surface area contributed by atoms with Crippen LogP contribution in [0.25, 0.3) is 0 Å². The fraction of sp³-hybridized carbons (Fsp3) is 0.467. The molecule has 3 atom stereocenters. The van der Waals surface area contributed by atoms with E-state index in [-0.39, 0.29) is 22.8 Å². The van der Waals surface area contributed by atoms with Crippen molar-refractivity contribution in [2.75, 3.05) is 6.79 Å². The molecule has 1 aromatic rings. The van der Waals surface area contributed by atoms with E-state index in [1.54, 1.807) is 0 Å². The Morgan fingerprint density at radius 1 is 1.00 bits per heavy atom. The maximum atomic E-state index is 6.78. The molecule has 0 N–H and O–H groups in total. The van der Waals surface area contributed by atoms with E-state index < -0.39 is 14.1 Å². The summed E-state index contributed by atoms with van der Waals surface area (Å²) in [6.45, 7) is 0.225. The first kappa shape index (κ1) is 16.8. The Balaban J connectivity index is 1.70. The number of halogens is 6. The van der Waals surface area contributed by atoms with E-state index >= 15 is 0 Å². The molecule has 4 rings (SSSR count). The van der Waals surface area contributed by atoms with Gasteiger partial charge in [0, 0.05) is 0 Å². The van der Waals surface area contributed by atoms with Crippen LogP contribution < -0.4 is 9.47 Å². The van der Waals surface area contributed by atoms with E-state index in [1.165, 1.54) is 0 Å². The van der Waals surface area contributed by atoms with Crippen molar-refractivity contribution in [3.63, 3.8) is 0 Å². The summed E-state index contributed by atoms with van der Waals surface area (Å²) in [7, 11) is 0. The van der Waals surface area contributed by atoms with Crippen LogP contribution in [0.5, 0.6) is 11.5 Å². The van der Waals surface area contributed by atoms with Crippen LogP contribution in [-0.4, -0.2) is 20.9 Å². The normalized spacial score (nSPS) is 36.9. The third-order valence-electron chi connectivity index (χ3n) is 4.82. The molecule has 1 heterocycles. The predicted octanol–water partition coefficient (Wildman–Crippen LogP) is 5.81. The Morgan fingerprint density at radius 2 is 1.70 bits per heavy atom. The number of rotatable bonds is 2. The van der Waals surface area contributed by atoms with Crippen molar-refractivity contribution in [2.24, 2.45) is 5.92 Å². The summed E-state index contributed by atoms with van der Waals surface area (Å²) < 4.78 is 9.24. The van der Waals surface area contributed by atoms with E-state index in [4.69, 9.17) is 79.1 Å². The molecule has 2 aliphatic carbocycles. The highest BCUT2D eigenvalue weighted by molar-refractivity contribution is 6.65. The van der Waals surface area contributed by atoms with Gasteiger partial charge in [-0.25, -0.2) is 0 Å². The lowest BCUT2D eigenvalue weighted by atomic mass is 9.86. The second kappa shape index (κ2) is 5.16. The summed E-state index contributed by atoms with van der Waals surface area (Å²) in [5.74, 6) is 1.27. The van der Waals surface area contributed by atoms with Gasteiger partial charge in [0.25, 0.3) is 0 Å². The molecular formula is C15H10Cl6O2. The zero-order valence-electron chi connectivity index (χ0n) is 11.5. The van der Waals surface area contributed by atoms with Gasteiger partial charge < -0.3 is 9.47 Å². The maximum absolute atomic E-state index is 6.78. The van der Waals surface area contributed by atoms with E-state index in [2.05, 4.69) is 0 Å². The highest BCUT2D eigenvalue weighted by Crippen LogP contribution is 2.74. The van der Waals surface area contributed by atoms with E-state index in [0.717, 1.165) is 11.3 Å². The number of benzene rings is 1. The number of allylic oxidation sites excluding steroid dienone is 2. The van der Waals surface area contributed by atoms with Crippen LogP contribution in [0.2, 0.25) is 0 Å². The Morgan fingerprint density at radius 3 is 2.35 bits per heavy atom. The summed E-state index contributed by atoms with van der Waals surface area (Å²) in [4.78, 5) is -2.38.